The first kappa shape index (κ1) is 17.0. The van der Waals surface area contributed by atoms with Gasteiger partial charge in [0.05, 0.1) is 19.3 Å². The fourth-order valence-electron chi connectivity index (χ4n) is 2.46. The topological polar surface area (TPSA) is 82.4 Å². The summed E-state index contributed by atoms with van der Waals surface area (Å²) in [5.74, 6) is 1.30. The van der Waals surface area contributed by atoms with Crippen LogP contribution in [-0.2, 0) is 11.3 Å². The van der Waals surface area contributed by atoms with Crippen molar-refractivity contribution in [3.8, 4) is 11.5 Å². The summed E-state index contributed by atoms with van der Waals surface area (Å²) in [5, 5.41) is 7.08. The summed E-state index contributed by atoms with van der Waals surface area (Å²) in [6.45, 7) is 0.528. The number of para-hydroxylation sites is 2. The molecule has 7 heteroatoms. The lowest BCUT2D eigenvalue weighted by molar-refractivity contribution is -0.123. The molecule has 132 valence electrons. The first-order chi connectivity index (χ1) is 12.2. The van der Waals surface area contributed by atoms with Gasteiger partial charge >= 0.3 is 0 Å². The van der Waals surface area contributed by atoms with Crippen molar-refractivity contribution in [2.24, 2.45) is 0 Å². The third-order valence-electron chi connectivity index (χ3n) is 3.96. The maximum Gasteiger partial charge on any atom is 0.266 e. The fraction of sp³-hybridized carbons (Fsp3) is 0.389. The third kappa shape index (κ3) is 4.59. The smallest absolute Gasteiger partial charge is 0.266 e. The van der Waals surface area contributed by atoms with E-state index in [0.29, 0.717) is 30.5 Å². The minimum atomic E-state index is -0.266. The number of aromatic nitrogens is 2. The van der Waals surface area contributed by atoms with E-state index in [4.69, 9.17) is 9.47 Å². The summed E-state index contributed by atoms with van der Waals surface area (Å²) in [5.41, 5.74) is 0.786. The predicted octanol–water partition coefficient (Wildman–Crippen LogP) is 1.32. The molecule has 25 heavy (non-hydrogen) atoms. The molecule has 3 rings (SSSR count). The van der Waals surface area contributed by atoms with Crippen LogP contribution in [0, 0.1) is 0 Å². The molecule has 0 saturated heterocycles. The van der Waals surface area contributed by atoms with Crippen molar-refractivity contribution in [1.82, 2.24) is 15.1 Å². The molecule has 1 amide bonds. The molecule has 0 unspecified atom stereocenters. The molecule has 7 nitrogen and oxygen atoms in total. The van der Waals surface area contributed by atoms with Crippen molar-refractivity contribution >= 4 is 5.91 Å². The van der Waals surface area contributed by atoms with Gasteiger partial charge in [-0.05, 0) is 31.0 Å². The number of carbonyl (C=O) groups is 1. The van der Waals surface area contributed by atoms with Crippen LogP contribution in [0.1, 0.15) is 24.5 Å². The van der Waals surface area contributed by atoms with Gasteiger partial charge in [-0.2, -0.15) is 5.10 Å². The molecular weight excluding hydrogens is 322 g/mol. The lowest BCUT2D eigenvalue weighted by Crippen LogP contribution is -2.34. The van der Waals surface area contributed by atoms with Crippen molar-refractivity contribution in [2.75, 3.05) is 20.3 Å². The van der Waals surface area contributed by atoms with E-state index in [2.05, 4.69) is 10.4 Å². The Morgan fingerprint density at radius 1 is 1.24 bits per heavy atom. The van der Waals surface area contributed by atoms with Gasteiger partial charge in [-0.15, -0.1) is 0 Å². The number of methoxy groups -OCH3 is 1. The zero-order valence-corrected chi connectivity index (χ0v) is 14.1. The molecule has 1 heterocycles. The summed E-state index contributed by atoms with van der Waals surface area (Å²) in [4.78, 5) is 23.7. The first-order valence-electron chi connectivity index (χ1n) is 8.28. The molecule has 1 aromatic heterocycles. The van der Waals surface area contributed by atoms with E-state index < -0.39 is 0 Å². The monoisotopic (exact) mass is 343 g/mol. The zero-order valence-electron chi connectivity index (χ0n) is 14.1. The van der Waals surface area contributed by atoms with Crippen LogP contribution in [0.3, 0.4) is 0 Å². The SMILES string of the molecule is COc1ccccc1OCC(=O)NCCn1nc(C2CC2)ccc1=O. The molecule has 1 aliphatic carbocycles. The molecule has 2 aromatic rings. The number of carbonyl (C=O) groups excluding carboxylic acids is 1. The van der Waals surface area contributed by atoms with Gasteiger partial charge in [0.25, 0.3) is 11.5 Å². The molecule has 0 atom stereocenters. The normalized spacial score (nSPS) is 13.3. The average Bonchev–Trinajstić information content (AvgIpc) is 3.47. The van der Waals surface area contributed by atoms with Crippen LogP contribution in [-0.4, -0.2) is 35.9 Å². The molecule has 0 bridgehead atoms. The Morgan fingerprint density at radius 3 is 2.72 bits per heavy atom. The van der Waals surface area contributed by atoms with Gasteiger partial charge in [-0.3, -0.25) is 9.59 Å². The first-order valence-corrected chi connectivity index (χ1v) is 8.28. The second kappa shape index (κ2) is 7.83. The van der Waals surface area contributed by atoms with Gasteiger partial charge in [0.2, 0.25) is 0 Å². The van der Waals surface area contributed by atoms with Crippen LogP contribution in [0.2, 0.25) is 0 Å². The third-order valence-corrected chi connectivity index (χ3v) is 3.96. The Bertz CT molecular complexity index is 799. The highest BCUT2D eigenvalue weighted by Gasteiger charge is 2.25. The molecule has 1 fully saturated rings. The zero-order chi connectivity index (χ0) is 17.6. The number of benzene rings is 1. The minimum Gasteiger partial charge on any atom is -0.493 e. The minimum absolute atomic E-state index is 0.120. The van der Waals surface area contributed by atoms with Gasteiger partial charge in [-0.1, -0.05) is 12.1 Å². The number of amides is 1. The number of hydrogen-bond acceptors (Lipinski definition) is 5. The predicted molar refractivity (Wildman–Crippen MR) is 92.0 cm³/mol. The summed E-state index contributed by atoms with van der Waals surface area (Å²) in [6.07, 6.45) is 2.25. The fourth-order valence-corrected chi connectivity index (χ4v) is 2.46. The van der Waals surface area contributed by atoms with Crippen molar-refractivity contribution in [2.45, 2.75) is 25.3 Å². The molecule has 0 spiro atoms. The number of ether oxygens (including phenoxy) is 2. The Balaban J connectivity index is 1.46. The van der Waals surface area contributed by atoms with Crippen LogP contribution in [0.15, 0.2) is 41.2 Å². The van der Waals surface area contributed by atoms with Crippen LogP contribution < -0.4 is 20.3 Å². The lowest BCUT2D eigenvalue weighted by Gasteiger charge is -2.11. The van der Waals surface area contributed by atoms with Crippen LogP contribution in [0.4, 0.5) is 0 Å². The summed E-state index contributed by atoms with van der Waals surface area (Å²) in [6, 6.07) is 10.5. The van der Waals surface area contributed by atoms with Crippen molar-refractivity contribution in [3.05, 3.63) is 52.4 Å². The maximum atomic E-state index is 11.9. The Kier molecular flexibility index (Phi) is 5.33. The molecule has 1 N–H and O–H groups in total. The van der Waals surface area contributed by atoms with E-state index in [9.17, 15) is 9.59 Å². The molecule has 1 saturated carbocycles. The second-order valence-corrected chi connectivity index (χ2v) is 5.88. The van der Waals surface area contributed by atoms with Gasteiger partial charge in [0.1, 0.15) is 0 Å². The van der Waals surface area contributed by atoms with Crippen LogP contribution in [0.25, 0.3) is 0 Å². The number of nitrogens with one attached hydrogen (secondary N) is 1. The molecule has 0 radical (unpaired) electrons. The number of rotatable bonds is 8. The van der Waals surface area contributed by atoms with E-state index in [0.717, 1.165) is 18.5 Å². The van der Waals surface area contributed by atoms with Crippen molar-refractivity contribution in [1.29, 1.82) is 0 Å². The summed E-state index contributed by atoms with van der Waals surface area (Å²) < 4.78 is 12.0. The lowest BCUT2D eigenvalue weighted by atomic mass is 10.3. The van der Waals surface area contributed by atoms with Crippen molar-refractivity contribution < 1.29 is 14.3 Å². The largest absolute Gasteiger partial charge is 0.493 e. The van der Waals surface area contributed by atoms with Crippen molar-refractivity contribution in [3.63, 3.8) is 0 Å². The van der Waals surface area contributed by atoms with E-state index in [1.165, 1.54) is 10.7 Å². The molecular formula is C18H21N3O4. The number of hydrogen-bond donors (Lipinski definition) is 1. The van der Waals surface area contributed by atoms with Crippen LogP contribution in [0.5, 0.6) is 11.5 Å². The van der Waals surface area contributed by atoms with Gasteiger partial charge in [0.15, 0.2) is 18.1 Å². The molecule has 0 aliphatic heterocycles. The Morgan fingerprint density at radius 2 is 2.00 bits per heavy atom. The van der Waals surface area contributed by atoms with E-state index in [1.54, 1.807) is 31.4 Å². The van der Waals surface area contributed by atoms with Crippen LogP contribution >= 0.6 is 0 Å². The summed E-state index contributed by atoms with van der Waals surface area (Å²) >= 11 is 0. The standard InChI is InChI=1S/C18H21N3O4/c1-24-15-4-2-3-5-16(15)25-12-17(22)19-10-11-21-18(23)9-8-14(20-21)13-6-7-13/h2-5,8-9,13H,6-7,10-12H2,1H3,(H,19,22). The second-order valence-electron chi connectivity index (χ2n) is 5.88. The average molecular weight is 343 g/mol. The van der Waals surface area contributed by atoms with E-state index >= 15 is 0 Å². The Hall–Kier alpha value is -2.83. The quantitative estimate of drug-likeness (QED) is 0.782. The Labute approximate surface area is 145 Å². The van der Waals surface area contributed by atoms with E-state index in [-0.39, 0.29) is 18.1 Å². The maximum absolute atomic E-state index is 11.9. The highest BCUT2D eigenvalue weighted by atomic mass is 16.5. The number of nitrogens with zero attached hydrogens (tertiary/aromatic N) is 2. The van der Waals surface area contributed by atoms with Gasteiger partial charge < -0.3 is 14.8 Å². The summed E-state index contributed by atoms with van der Waals surface area (Å²) in [7, 11) is 1.54. The highest BCUT2D eigenvalue weighted by Crippen LogP contribution is 2.38. The van der Waals surface area contributed by atoms with Gasteiger partial charge in [-0.25, -0.2) is 4.68 Å². The molecule has 1 aliphatic rings. The van der Waals surface area contributed by atoms with Gasteiger partial charge in [0, 0.05) is 18.5 Å². The van der Waals surface area contributed by atoms with E-state index in [1.807, 2.05) is 6.07 Å². The highest BCUT2D eigenvalue weighted by molar-refractivity contribution is 5.77. The molecule has 1 aromatic carbocycles.